The average Bonchev–Trinajstić information content (AvgIpc) is 3.51. The fourth-order valence-corrected chi connectivity index (χ4v) is 5.82. The van der Waals surface area contributed by atoms with Crippen LogP contribution in [-0.2, 0) is 16.0 Å². The normalized spacial score (nSPS) is 21.5. The number of rotatable bonds is 2. The van der Waals surface area contributed by atoms with Gasteiger partial charge in [-0.25, -0.2) is 9.97 Å². The number of hydrogen-bond donors (Lipinski definition) is 1. The van der Waals surface area contributed by atoms with Crippen molar-refractivity contribution in [1.82, 2.24) is 15.0 Å². The Bertz CT molecular complexity index is 1450. The lowest BCUT2D eigenvalue weighted by Gasteiger charge is -2.45. The van der Waals surface area contributed by atoms with Gasteiger partial charge >= 0.3 is 0 Å². The first-order valence-corrected chi connectivity index (χ1v) is 12.0. The molecule has 7 nitrogen and oxygen atoms in total. The van der Waals surface area contributed by atoms with E-state index in [1.807, 2.05) is 53.7 Å². The maximum Gasteiger partial charge on any atom is 0.252 e. The van der Waals surface area contributed by atoms with Crippen molar-refractivity contribution in [2.24, 2.45) is 0 Å². The Morgan fingerprint density at radius 1 is 1.15 bits per heavy atom. The lowest BCUT2D eigenvalue weighted by Crippen LogP contribution is -2.59. The van der Waals surface area contributed by atoms with Gasteiger partial charge in [0, 0.05) is 34.2 Å². The monoisotopic (exact) mass is 471 g/mol. The molecule has 0 radical (unpaired) electrons. The van der Waals surface area contributed by atoms with E-state index in [0.29, 0.717) is 30.6 Å². The molecular weight excluding hydrogens is 450 g/mol. The Kier molecular flexibility index (Phi) is 4.44. The first-order valence-electron chi connectivity index (χ1n) is 11.6. The van der Waals surface area contributed by atoms with Crippen molar-refractivity contribution in [3.63, 3.8) is 0 Å². The Morgan fingerprint density at radius 2 is 2.09 bits per heavy atom. The van der Waals surface area contributed by atoms with E-state index in [-0.39, 0.29) is 11.9 Å². The summed E-state index contributed by atoms with van der Waals surface area (Å²) in [5, 5.41) is 1.76. The number of morpholine rings is 1. The number of benzene rings is 2. The number of carbonyl (C=O) groups excluding carboxylic acids is 1. The van der Waals surface area contributed by atoms with E-state index in [2.05, 4.69) is 16.0 Å². The van der Waals surface area contributed by atoms with E-state index in [9.17, 15) is 4.79 Å². The lowest BCUT2D eigenvalue weighted by atomic mass is 10.0. The molecule has 1 fully saturated rings. The Balaban J connectivity index is 1.40. The molecule has 34 heavy (non-hydrogen) atoms. The number of fused-ring (bicyclic) bond motifs is 5. The van der Waals surface area contributed by atoms with Crippen LogP contribution in [0, 0.1) is 0 Å². The van der Waals surface area contributed by atoms with Crippen LogP contribution >= 0.6 is 11.6 Å². The largest absolute Gasteiger partial charge is 0.377 e. The molecule has 7 rings (SSSR count). The molecule has 4 heterocycles. The molecule has 170 valence electrons. The van der Waals surface area contributed by atoms with Gasteiger partial charge in [-0.1, -0.05) is 29.8 Å². The number of ether oxygens (including phenoxy) is 1. The fraction of sp³-hybridized carbons (Fsp3) is 0.269. The van der Waals surface area contributed by atoms with Gasteiger partial charge in [-0.3, -0.25) is 9.69 Å². The number of aryl methyl sites for hydroxylation is 1. The second-order valence-electron chi connectivity index (χ2n) is 9.04. The molecule has 1 saturated heterocycles. The van der Waals surface area contributed by atoms with E-state index in [4.69, 9.17) is 26.3 Å². The minimum atomic E-state index is -0.393. The molecule has 0 saturated carbocycles. The van der Waals surface area contributed by atoms with Crippen molar-refractivity contribution < 1.29 is 9.53 Å². The quantitative estimate of drug-likeness (QED) is 0.465. The summed E-state index contributed by atoms with van der Waals surface area (Å²) in [6, 6.07) is 13.6. The number of nitrogens with one attached hydrogen (secondary N) is 1. The molecule has 2 aromatic heterocycles. The fourth-order valence-electron chi connectivity index (χ4n) is 5.64. The number of nitrogens with zero attached hydrogens (tertiary/aromatic N) is 4. The van der Waals surface area contributed by atoms with Crippen molar-refractivity contribution in [3.8, 4) is 11.4 Å². The number of H-pyrrole nitrogens is 1. The zero-order valence-corrected chi connectivity index (χ0v) is 19.1. The highest BCUT2D eigenvalue weighted by Crippen LogP contribution is 2.46. The Labute approximate surface area is 201 Å². The molecule has 1 unspecified atom stereocenters. The Hall–Kier alpha value is -3.42. The van der Waals surface area contributed by atoms with Gasteiger partial charge in [-0.2, -0.15) is 0 Å². The molecule has 2 aliphatic heterocycles. The highest BCUT2D eigenvalue weighted by Gasteiger charge is 2.45. The standard InChI is InChI=1S/C26H22ClN5O2/c27-16-6-4-15-5-7-21(19(15)12-16)32-22-13-29-24(18-2-1-3-20-17(18)8-9-28-20)30-25(22)31-10-11-34-14-23(31)26(32)33/h1-4,6,8-9,12-13,21,23,28H,5,7,10-11,14H2/t21-,23?/m0/s1. The topological polar surface area (TPSA) is 74.3 Å². The van der Waals surface area contributed by atoms with E-state index >= 15 is 0 Å². The smallest absolute Gasteiger partial charge is 0.252 e. The second-order valence-corrected chi connectivity index (χ2v) is 9.47. The number of aromatic nitrogens is 3. The van der Waals surface area contributed by atoms with Gasteiger partial charge in [-0.05, 0) is 48.2 Å². The zero-order chi connectivity index (χ0) is 22.8. The third kappa shape index (κ3) is 2.90. The number of anilines is 2. The summed E-state index contributed by atoms with van der Waals surface area (Å²) in [5.74, 6) is 1.48. The van der Waals surface area contributed by atoms with Crippen LogP contribution in [0.3, 0.4) is 0 Å². The van der Waals surface area contributed by atoms with E-state index < -0.39 is 6.04 Å². The number of hydrogen-bond acceptors (Lipinski definition) is 5. The highest BCUT2D eigenvalue weighted by molar-refractivity contribution is 6.30. The first-order chi connectivity index (χ1) is 16.7. The van der Waals surface area contributed by atoms with E-state index in [1.54, 1.807) is 0 Å². The maximum atomic E-state index is 13.8. The van der Waals surface area contributed by atoms with Crippen LogP contribution in [0.1, 0.15) is 23.6 Å². The summed E-state index contributed by atoms with van der Waals surface area (Å²) in [6.07, 6.45) is 5.50. The molecule has 0 spiro atoms. The summed E-state index contributed by atoms with van der Waals surface area (Å²) in [7, 11) is 0. The van der Waals surface area contributed by atoms with Gasteiger partial charge in [-0.15, -0.1) is 0 Å². The van der Waals surface area contributed by atoms with Gasteiger partial charge < -0.3 is 14.6 Å². The van der Waals surface area contributed by atoms with Crippen LogP contribution < -0.4 is 9.80 Å². The van der Waals surface area contributed by atoms with Crippen molar-refractivity contribution in [2.45, 2.75) is 24.9 Å². The predicted octanol–water partition coefficient (Wildman–Crippen LogP) is 4.52. The lowest BCUT2D eigenvalue weighted by molar-refractivity contribution is -0.123. The van der Waals surface area contributed by atoms with Crippen molar-refractivity contribution in [3.05, 3.63) is 71.0 Å². The number of halogens is 1. The molecule has 8 heteroatoms. The molecule has 1 aliphatic carbocycles. The molecule has 2 atom stereocenters. The molecular formula is C26H22ClN5O2. The molecule has 0 bridgehead atoms. The first kappa shape index (κ1) is 20.0. The summed E-state index contributed by atoms with van der Waals surface area (Å²) < 4.78 is 5.73. The van der Waals surface area contributed by atoms with Crippen molar-refractivity contribution in [2.75, 3.05) is 29.6 Å². The van der Waals surface area contributed by atoms with Gasteiger partial charge in [0.2, 0.25) is 0 Å². The van der Waals surface area contributed by atoms with Gasteiger partial charge in [0.15, 0.2) is 11.6 Å². The third-order valence-electron chi connectivity index (χ3n) is 7.23. The van der Waals surface area contributed by atoms with E-state index in [1.165, 1.54) is 5.56 Å². The number of carbonyl (C=O) groups is 1. The summed E-state index contributed by atoms with van der Waals surface area (Å²) in [6.45, 7) is 1.55. The molecule has 3 aliphatic rings. The predicted molar refractivity (Wildman–Crippen MR) is 131 cm³/mol. The SMILES string of the molecule is O=C1C2COCCN2c2nc(-c3cccc4[nH]ccc34)ncc2N1[C@H]1CCc2ccc(Cl)cc21. The van der Waals surface area contributed by atoms with Gasteiger partial charge in [0.25, 0.3) is 5.91 Å². The van der Waals surface area contributed by atoms with Gasteiger partial charge in [0.05, 0.1) is 25.5 Å². The zero-order valence-electron chi connectivity index (χ0n) is 18.4. The second kappa shape index (κ2) is 7.55. The molecule has 4 aromatic rings. The number of aromatic amines is 1. The third-order valence-corrected chi connectivity index (χ3v) is 7.47. The van der Waals surface area contributed by atoms with Crippen LogP contribution in [0.25, 0.3) is 22.3 Å². The van der Waals surface area contributed by atoms with Crippen LogP contribution in [0.4, 0.5) is 11.5 Å². The summed E-state index contributed by atoms with van der Waals surface area (Å²) >= 11 is 6.34. The average molecular weight is 472 g/mol. The number of amides is 1. The van der Waals surface area contributed by atoms with Gasteiger partial charge in [0.1, 0.15) is 11.7 Å². The van der Waals surface area contributed by atoms with Crippen molar-refractivity contribution in [1.29, 1.82) is 0 Å². The summed E-state index contributed by atoms with van der Waals surface area (Å²) in [4.78, 5) is 30.9. The summed E-state index contributed by atoms with van der Waals surface area (Å²) in [5.41, 5.74) is 5.11. The van der Waals surface area contributed by atoms with Crippen LogP contribution in [0.15, 0.2) is 54.9 Å². The molecule has 1 amide bonds. The Morgan fingerprint density at radius 3 is 3.03 bits per heavy atom. The minimum absolute atomic E-state index is 0.0362. The van der Waals surface area contributed by atoms with Crippen LogP contribution in [0.2, 0.25) is 5.02 Å². The van der Waals surface area contributed by atoms with E-state index in [0.717, 1.165) is 46.4 Å². The molecule has 2 aromatic carbocycles. The van der Waals surface area contributed by atoms with Crippen molar-refractivity contribution >= 4 is 39.9 Å². The molecule has 1 N–H and O–H groups in total. The van der Waals surface area contributed by atoms with Crippen LogP contribution in [0.5, 0.6) is 0 Å². The van der Waals surface area contributed by atoms with Crippen LogP contribution in [-0.4, -0.2) is 46.7 Å². The highest BCUT2D eigenvalue weighted by atomic mass is 35.5. The maximum absolute atomic E-state index is 13.8. The minimum Gasteiger partial charge on any atom is -0.377 e.